The fraction of sp³-hybridized carbons (Fsp3) is 0.381. The Morgan fingerprint density at radius 1 is 1.21 bits per heavy atom. The second-order valence-corrected chi connectivity index (χ2v) is 8.27. The molecule has 176 valence electrons. The van der Waals surface area contributed by atoms with Crippen LogP contribution in [0.2, 0.25) is 5.02 Å². The molecule has 0 spiro atoms. The summed E-state index contributed by atoms with van der Waals surface area (Å²) in [5, 5.41) is 4.45. The number of carbonyl (C=O) groups excluding carboxylic acids is 2. The Bertz CT molecular complexity index is 1080. The fourth-order valence-corrected chi connectivity index (χ4v) is 4.02. The van der Waals surface area contributed by atoms with E-state index in [1.807, 2.05) is 0 Å². The van der Waals surface area contributed by atoms with Crippen LogP contribution in [0.15, 0.2) is 30.5 Å². The van der Waals surface area contributed by atoms with E-state index in [2.05, 4.69) is 15.6 Å². The number of amides is 3. The lowest BCUT2D eigenvalue weighted by molar-refractivity contribution is -0.141. The molecule has 1 aromatic carbocycles. The predicted molar refractivity (Wildman–Crippen MR) is 107 cm³/mol. The van der Waals surface area contributed by atoms with Crippen LogP contribution in [0.25, 0.3) is 0 Å². The number of pyridine rings is 1. The van der Waals surface area contributed by atoms with Gasteiger partial charge in [-0.1, -0.05) is 23.7 Å². The lowest BCUT2D eigenvalue weighted by atomic mass is 9.99. The molecule has 2 aromatic rings. The Morgan fingerprint density at radius 3 is 2.55 bits per heavy atom. The monoisotopic (exact) mass is 488 g/mol. The molecule has 2 fully saturated rings. The highest BCUT2D eigenvalue weighted by Crippen LogP contribution is 2.37. The van der Waals surface area contributed by atoms with E-state index >= 15 is 0 Å². The second-order valence-electron chi connectivity index (χ2n) is 7.89. The molecule has 2 N–H and O–H groups in total. The summed E-state index contributed by atoms with van der Waals surface area (Å²) in [6, 6.07) is 0.908. The van der Waals surface area contributed by atoms with Gasteiger partial charge in [0.15, 0.2) is 0 Å². The third-order valence-electron chi connectivity index (χ3n) is 5.64. The van der Waals surface area contributed by atoms with Gasteiger partial charge in [-0.3, -0.25) is 9.78 Å². The second kappa shape index (κ2) is 8.77. The van der Waals surface area contributed by atoms with E-state index in [-0.39, 0.29) is 36.0 Å². The molecular formula is C21H18ClF5N4O2. The standard InChI is InChI=1S/C21H18ClF5N4O2/c22-15-13(23)5-4-12(16(15)24)17(11-3-6-14(29-9-11)21(25,26)27)30-20(33)31-8-7-28-19(32)18(31)10-1-2-10/h3-6,9-10,17-18H,1-2,7-8H2,(H,28,32)(H,30,33)/t17?,18-/m0/s1. The fourth-order valence-electron chi connectivity index (χ4n) is 3.85. The topological polar surface area (TPSA) is 74.3 Å². The van der Waals surface area contributed by atoms with Gasteiger partial charge in [0.25, 0.3) is 0 Å². The maximum atomic E-state index is 14.8. The highest BCUT2D eigenvalue weighted by molar-refractivity contribution is 6.31. The molecule has 0 bridgehead atoms. The third kappa shape index (κ3) is 4.73. The molecule has 0 radical (unpaired) electrons. The van der Waals surface area contributed by atoms with Crippen molar-refractivity contribution < 1.29 is 31.5 Å². The van der Waals surface area contributed by atoms with Crippen molar-refractivity contribution in [2.75, 3.05) is 13.1 Å². The minimum Gasteiger partial charge on any atom is -0.353 e. The Morgan fingerprint density at radius 2 is 1.94 bits per heavy atom. The Labute approximate surface area is 190 Å². The van der Waals surface area contributed by atoms with Crippen LogP contribution in [0, 0.1) is 17.6 Å². The van der Waals surface area contributed by atoms with Gasteiger partial charge in [-0.25, -0.2) is 13.6 Å². The molecule has 33 heavy (non-hydrogen) atoms. The van der Waals surface area contributed by atoms with Gasteiger partial charge in [-0.15, -0.1) is 0 Å². The number of hydrogen-bond donors (Lipinski definition) is 2. The maximum Gasteiger partial charge on any atom is 0.433 e. The first-order valence-corrected chi connectivity index (χ1v) is 10.5. The Kier molecular flexibility index (Phi) is 6.17. The number of carbonyl (C=O) groups is 2. The van der Waals surface area contributed by atoms with E-state index in [1.54, 1.807) is 0 Å². The number of alkyl halides is 3. The van der Waals surface area contributed by atoms with E-state index < -0.39 is 46.6 Å². The average molecular weight is 489 g/mol. The zero-order valence-corrected chi connectivity index (χ0v) is 17.7. The molecule has 4 rings (SSSR count). The minimum absolute atomic E-state index is 0.000706. The number of rotatable bonds is 4. The summed E-state index contributed by atoms with van der Waals surface area (Å²) in [6.45, 7) is 0.419. The van der Waals surface area contributed by atoms with Crippen LogP contribution in [0.5, 0.6) is 0 Å². The number of benzene rings is 1. The quantitative estimate of drug-likeness (QED) is 0.504. The number of aromatic nitrogens is 1. The van der Waals surface area contributed by atoms with Crippen LogP contribution < -0.4 is 10.6 Å². The van der Waals surface area contributed by atoms with Crippen LogP contribution in [-0.4, -0.2) is 41.0 Å². The van der Waals surface area contributed by atoms with E-state index in [0.29, 0.717) is 6.07 Å². The first-order valence-electron chi connectivity index (χ1n) is 10.1. The van der Waals surface area contributed by atoms with Crippen molar-refractivity contribution in [3.63, 3.8) is 0 Å². The molecule has 2 aliphatic rings. The highest BCUT2D eigenvalue weighted by Gasteiger charge is 2.44. The molecule has 1 aliphatic carbocycles. The van der Waals surface area contributed by atoms with E-state index in [4.69, 9.17) is 11.6 Å². The summed E-state index contributed by atoms with van der Waals surface area (Å²) in [4.78, 5) is 30.1. The largest absolute Gasteiger partial charge is 0.433 e. The van der Waals surface area contributed by atoms with Crippen molar-refractivity contribution in [2.45, 2.75) is 31.1 Å². The lowest BCUT2D eigenvalue weighted by Gasteiger charge is -2.36. The lowest BCUT2D eigenvalue weighted by Crippen LogP contribution is -2.60. The Balaban J connectivity index is 1.69. The van der Waals surface area contributed by atoms with Gasteiger partial charge in [0, 0.05) is 24.8 Å². The van der Waals surface area contributed by atoms with Crippen LogP contribution in [-0.2, 0) is 11.0 Å². The molecule has 1 saturated carbocycles. The number of nitrogens with zero attached hydrogens (tertiary/aromatic N) is 2. The summed E-state index contributed by atoms with van der Waals surface area (Å²) in [5.41, 5.74) is -1.42. The van der Waals surface area contributed by atoms with Crippen molar-refractivity contribution >= 4 is 23.5 Å². The zero-order valence-electron chi connectivity index (χ0n) is 16.9. The number of urea groups is 1. The average Bonchev–Trinajstić information content (AvgIpc) is 3.61. The van der Waals surface area contributed by atoms with Crippen molar-refractivity contribution in [1.82, 2.24) is 20.5 Å². The molecular weight excluding hydrogens is 471 g/mol. The zero-order chi connectivity index (χ0) is 23.9. The van der Waals surface area contributed by atoms with E-state index in [0.717, 1.165) is 37.2 Å². The van der Waals surface area contributed by atoms with Gasteiger partial charge < -0.3 is 15.5 Å². The molecule has 3 amide bonds. The van der Waals surface area contributed by atoms with E-state index in [9.17, 15) is 31.5 Å². The van der Waals surface area contributed by atoms with E-state index in [1.165, 1.54) is 4.90 Å². The van der Waals surface area contributed by atoms with Crippen molar-refractivity contribution in [3.05, 3.63) is 63.9 Å². The minimum atomic E-state index is -4.69. The van der Waals surface area contributed by atoms with Gasteiger partial charge >= 0.3 is 12.2 Å². The smallest absolute Gasteiger partial charge is 0.353 e. The van der Waals surface area contributed by atoms with Crippen molar-refractivity contribution in [2.24, 2.45) is 5.92 Å². The van der Waals surface area contributed by atoms with Gasteiger partial charge in [-0.05, 0) is 36.5 Å². The summed E-state index contributed by atoms with van der Waals surface area (Å²) in [6.07, 6.45) is -2.29. The third-order valence-corrected chi connectivity index (χ3v) is 5.99. The molecule has 1 saturated heterocycles. The summed E-state index contributed by atoms with van der Waals surface area (Å²) in [5.74, 6) is -2.51. The molecule has 12 heteroatoms. The maximum absolute atomic E-state index is 14.8. The molecule has 2 atom stereocenters. The SMILES string of the molecule is O=C1NCCN(C(=O)NC(c2ccc(C(F)(F)F)nc2)c2ccc(F)c(Cl)c2F)[C@H]1C1CC1. The van der Waals surface area contributed by atoms with Crippen LogP contribution in [0.3, 0.4) is 0 Å². The van der Waals surface area contributed by atoms with Crippen molar-refractivity contribution in [3.8, 4) is 0 Å². The number of nitrogens with one attached hydrogen (secondary N) is 2. The highest BCUT2D eigenvalue weighted by atomic mass is 35.5. The van der Waals surface area contributed by atoms with Gasteiger partial charge in [0.1, 0.15) is 28.4 Å². The molecule has 1 aliphatic heterocycles. The van der Waals surface area contributed by atoms with Crippen LogP contribution in [0.1, 0.15) is 35.7 Å². The first kappa shape index (κ1) is 23.2. The number of piperazine rings is 1. The van der Waals surface area contributed by atoms with Crippen LogP contribution in [0.4, 0.5) is 26.7 Å². The molecule has 6 nitrogen and oxygen atoms in total. The van der Waals surface area contributed by atoms with Crippen molar-refractivity contribution in [1.29, 1.82) is 0 Å². The van der Waals surface area contributed by atoms with Gasteiger partial charge in [-0.2, -0.15) is 13.2 Å². The first-order chi connectivity index (χ1) is 15.6. The Hall–Kier alpha value is -2.95. The predicted octanol–water partition coefficient (Wildman–Crippen LogP) is 4.04. The van der Waals surface area contributed by atoms with Crippen LogP contribution >= 0.6 is 11.6 Å². The number of hydrogen-bond acceptors (Lipinski definition) is 3. The summed E-state index contributed by atoms with van der Waals surface area (Å²) < 4.78 is 67.3. The number of halogens is 6. The molecule has 1 unspecified atom stereocenters. The van der Waals surface area contributed by atoms with Gasteiger partial charge in [0.2, 0.25) is 5.91 Å². The molecule has 2 heterocycles. The molecule has 1 aromatic heterocycles. The van der Waals surface area contributed by atoms with Gasteiger partial charge in [0.05, 0.1) is 6.04 Å². The summed E-state index contributed by atoms with van der Waals surface area (Å²) in [7, 11) is 0. The summed E-state index contributed by atoms with van der Waals surface area (Å²) >= 11 is 5.69. The normalized spacial score (nSPS) is 19.8.